The first-order valence-electron chi connectivity index (χ1n) is 35.9. The zero-order valence-corrected chi connectivity index (χ0v) is 59.0. The van der Waals surface area contributed by atoms with Gasteiger partial charge in [0.2, 0.25) is 0 Å². The second kappa shape index (κ2) is 60.0. The van der Waals surface area contributed by atoms with E-state index < -0.39 is 97.5 Å². The van der Waals surface area contributed by atoms with Crippen LogP contribution in [0.4, 0.5) is 0 Å². The maximum absolute atomic E-state index is 13.0. The Labute approximate surface area is 537 Å². The van der Waals surface area contributed by atoms with Crippen LogP contribution in [-0.2, 0) is 65.4 Å². The van der Waals surface area contributed by atoms with Crippen molar-refractivity contribution in [3.8, 4) is 0 Å². The van der Waals surface area contributed by atoms with Crippen molar-refractivity contribution in [3.05, 3.63) is 0 Å². The number of aliphatic hydroxyl groups excluding tert-OH is 1. The molecule has 3 N–H and O–H groups in total. The second-order valence-corrected chi connectivity index (χ2v) is 28.8. The molecular formula is C69H134O17P2. The minimum atomic E-state index is -4.95. The maximum Gasteiger partial charge on any atom is 0.472 e. The molecule has 19 heteroatoms. The Hall–Kier alpha value is -1.94. The number of aliphatic hydroxyl groups is 1. The summed E-state index contributed by atoms with van der Waals surface area (Å²) in [5.74, 6) is 0.159. The van der Waals surface area contributed by atoms with E-state index in [9.17, 15) is 43.2 Å². The summed E-state index contributed by atoms with van der Waals surface area (Å²) in [7, 11) is -9.90. The van der Waals surface area contributed by atoms with Crippen LogP contribution in [0.2, 0.25) is 0 Å². The summed E-state index contributed by atoms with van der Waals surface area (Å²) in [4.78, 5) is 72.4. The lowest BCUT2D eigenvalue weighted by molar-refractivity contribution is -0.161. The number of carbonyl (C=O) groups is 4. The highest BCUT2D eigenvalue weighted by Gasteiger charge is 2.30. The number of unbranched alkanes of at least 4 members (excludes halogenated alkanes) is 33. The summed E-state index contributed by atoms with van der Waals surface area (Å²) in [6.45, 7) is 11.8. The van der Waals surface area contributed by atoms with Crippen molar-refractivity contribution >= 4 is 39.5 Å². The van der Waals surface area contributed by atoms with Crippen LogP contribution in [0.3, 0.4) is 0 Å². The molecule has 0 amide bonds. The van der Waals surface area contributed by atoms with E-state index in [-0.39, 0.29) is 25.7 Å². The highest BCUT2D eigenvalue weighted by molar-refractivity contribution is 7.47. The molecule has 0 saturated heterocycles. The fraction of sp³-hybridized carbons (Fsp3) is 0.942. The molecule has 522 valence electrons. The predicted molar refractivity (Wildman–Crippen MR) is 354 cm³/mol. The molecule has 4 unspecified atom stereocenters. The standard InChI is InChI=1S/C69H134O17P2/c1-8-11-12-13-14-21-28-36-43-50-66(71)79-57-65(86-69(74)53-46-39-32-31-33-40-47-60(4)5)59-84-88(77,78)82-55-63(70)54-81-87(75,76)83-58-64(56-80-67(72)51-44-37-29-25-24-27-35-42-49-62(7)10-3)85-68(73)52-45-38-30-23-20-18-16-15-17-19-22-26-34-41-48-61(6)9-2/h60-65,70H,8-59H2,1-7H3,(H,75,76)(H,77,78)/t61?,62?,63-,64-,65-/m1/s1. The molecule has 0 aliphatic carbocycles. The quantitative estimate of drug-likeness (QED) is 0.0222. The van der Waals surface area contributed by atoms with Crippen molar-refractivity contribution in [2.45, 2.75) is 362 Å². The molecule has 0 bridgehead atoms. The smallest absolute Gasteiger partial charge is 0.462 e. The van der Waals surface area contributed by atoms with Crippen molar-refractivity contribution in [2.75, 3.05) is 39.6 Å². The number of ether oxygens (including phenoxy) is 4. The third-order valence-corrected chi connectivity index (χ3v) is 18.5. The SMILES string of the molecule is CCCCCCCCCCCC(=O)OC[C@H](COP(=O)(O)OC[C@H](O)COP(=O)(O)OC[C@@H](COC(=O)CCCCCCCCCCC(C)CC)OC(=O)CCCCCCCCCCCCCCCCC(C)CC)OC(=O)CCCCCCCCC(C)C. The van der Waals surface area contributed by atoms with Crippen LogP contribution >= 0.6 is 15.6 Å². The molecule has 0 saturated carbocycles. The molecule has 0 aliphatic rings. The maximum atomic E-state index is 13.0. The van der Waals surface area contributed by atoms with Crippen LogP contribution in [-0.4, -0.2) is 96.7 Å². The number of hydrogen-bond acceptors (Lipinski definition) is 15. The molecule has 0 spiro atoms. The predicted octanol–water partition coefficient (Wildman–Crippen LogP) is 19.5. The molecule has 7 atom stereocenters. The van der Waals surface area contributed by atoms with Crippen molar-refractivity contribution in [3.63, 3.8) is 0 Å². The first kappa shape index (κ1) is 86.1. The average molecular weight is 1300 g/mol. The average Bonchev–Trinajstić information content (AvgIpc) is 3.62. The van der Waals surface area contributed by atoms with E-state index in [2.05, 4.69) is 48.5 Å². The number of hydrogen-bond donors (Lipinski definition) is 3. The molecule has 0 aliphatic heterocycles. The van der Waals surface area contributed by atoms with Crippen molar-refractivity contribution in [2.24, 2.45) is 17.8 Å². The lowest BCUT2D eigenvalue weighted by Crippen LogP contribution is -2.30. The van der Waals surface area contributed by atoms with Gasteiger partial charge in [-0.3, -0.25) is 37.3 Å². The molecule has 0 aromatic rings. The van der Waals surface area contributed by atoms with Gasteiger partial charge in [0.15, 0.2) is 12.2 Å². The van der Waals surface area contributed by atoms with Crippen molar-refractivity contribution < 1.29 is 80.2 Å². The highest BCUT2D eigenvalue weighted by atomic mass is 31.2. The zero-order valence-electron chi connectivity index (χ0n) is 57.2. The Morgan fingerprint density at radius 3 is 0.864 bits per heavy atom. The summed E-state index contributed by atoms with van der Waals surface area (Å²) in [6, 6.07) is 0. The van der Waals surface area contributed by atoms with E-state index in [1.807, 2.05) is 0 Å². The van der Waals surface area contributed by atoms with Crippen LogP contribution in [0.5, 0.6) is 0 Å². The van der Waals surface area contributed by atoms with Gasteiger partial charge in [0.25, 0.3) is 0 Å². The van der Waals surface area contributed by atoms with Gasteiger partial charge in [-0.2, -0.15) is 0 Å². The Balaban J connectivity index is 5.21. The lowest BCUT2D eigenvalue weighted by Gasteiger charge is -2.21. The van der Waals surface area contributed by atoms with Crippen LogP contribution in [0.1, 0.15) is 344 Å². The van der Waals surface area contributed by atoms with E-state index >= 15 is 0 Å². The number of esters is 4. The van der Waals surface area contributed by atoms with Gasteiger partial charge in [0.1, 0.15) is 19.3 Å². The normalized spacial score (nSPS) is 14.9. The number of phosphoric ester groups is 2. The first-order chi connectivity index (χ1) is 42.3. The van der Waals surface area contributed by atoms with Crippen LogP contribution in [0.25, 0.3) is 0 Å². The molecular weight excluding hydrogens is 1160 g/mol. The van der Waals surface area contributed by atoms with Crippen molar-refractivity contribution in [1.29, 1.82) is 0 Å². The van der Waals surface area contributed by atoms with Gasteiger partial charge in [-0.1, -0.05) is 292 Å². The Kier molecular flexibility index (Phi) is 58.7. The van der Waals surface area contributed by atoms with E-state index in [0.29, 0.717) is 31.6 Å². The fourth-order valence-corrected chi connectivity index (χ4v) is 11.9. The molecule has 0 rings (SSSR count). The van der Waals surface area contributed by atoms with Gasteiger partial charge in [-0.15, -0.1) is 0 Å². The summed E-state index contributed by atoms with van der Waals surface area (Å²) in [6.07, 6.45) is 43.1. The van der Waals surface area contributed by atoms with Crippen molar-refractivity contribution in [1.82, 2.24) is 0 Å². The van der Waals surface area contributed by atoms with E-state index in [0.717, 1.165) is 102 Å². The van der Waals surface area contributed by atoms with Gasteiger partial charge < -0.3 is 33.8 Å². The highest BCUT2D eigenvalue weighted by Crippen LogP contribution is 2.45. The second-order valence-electron chi connectivity index (χ2n) is 25.9. The molecule has 88 heavy (non-hydrogen) atoms. The molecule has 0 radical (unpaired) electrons. The molecule has 0 aromatic carbocycles. The number of phosphoric acid groups is 2. The van der Waals surface area contributed by atoms with Crippen LogP contribution in [0, 0.1) is 17.8 Å². The van der Waals surface area contributed by atoms with E-state index in [1.165, 1.54) is 154 Å². The van der Waals surface area contributed by atoms with Crippen LogP contribution in [0.15, 0.2) is 0 Å². The third-order valence-electron chi connectivity index (χ3n) is 16.6. The molecule has 0 aromatic heterocycles. The monoisotopic (exact) mass is 1300 g/mol. The lowest BCUT2D eigenvalue weighted by atomic mass is 9.99. The first-order valence-corrected chi connectivity index (χ1v) is 38.9. The number of rotatable bonds is 67. The van der Waals surface area contributed by atoms with Crippen LogP contribution < -0.4 is 0 Å². The Morgan fingerprint density at radius 1 is 0.330 bits per heavy atom. The van der Waals surface area contributed by atoms with Gasteiger partial charge >= 0.3 is 39.5 Å². The van der Waals surface area contributed by atoms with Gasteiger partial charge in [0.05, 0.1) is 26.4 Å². The van der Waals surface area contributed by atoms with Gasteiger partial charge in [-0.05, 0) is 43.4 Å². The minimum absolute atomic E-state index is 0.102. The Morgan fingerprint density at radius 2 is 0.580 bits per heavy atom. The van der Waals surface area contributed by atoms with Gasteiger partial charge in [0, 0.05) is 25.7 Å². The molecule has 0 fully saturated rings. The fourth-order valence-electron chi connectivity index (χ4n) is 10.3. The minimum Gasteiger partial charge on any atom is -0.462 e. The molecule has 17 nitrogen and oxygen atoms in total. The summed E-state index contributed by atoms with van der Waals surface area (Å²) >= 11 is 0. The third kappa shape index (κ3) is 60.3. The zero-order chi connectivity index (χ0) is 65.2. The summed E-state index contributed by atoms with van der Waals surface area (Å²) in [5.41, 5.74) is 0. The summed E-state index contributed by atoms with van der Waals surface area (Å²) < 4.78 is 68.1. The van der Waals surface area contributed by atoms with E-state index in [1.54, 1.807) is 0 Å². The van der Waals surface area contributed by atoms with E-state index in [4.69, 9.17) is 37.0 Å². The van der Waals surface area contributed by atoms with Gasteiger partial charge in [-0.25, -0.2) is 9.13 Å². The molecule has 0 heterocycles. The Bertz CT molecular complexity index is 1740. The largest absolute Gasteiger partial charge is 0.472 e. The topological polar surface area (TPSA) is 237 Å². The summed E-state index contributed by atoms with van der Waals surface area (Å²) in [5, 5.41) is 10.6. The number of carbonyl (C=O) groups excluding carboxylic acids is 4.